The molecule has 1 unspecified atom stereocenters. The summed E-state index contributed by atoms with van der Waals surface area (Å²) < 4.78 is 11.5. The average Bonchev–Trinajstić information content (AvgIpc) is 2.68. The lowest BCUT2D eigenvalue weighted by Crippen LogP contribution is -2.21. The van der Waals surface area contributed by atoms with E-state index in [-0.39, 0.29) is 0 Å². The van der Waals surface area contributed by atoms with Crippen LogP contribution in [0, 0.1) is 12.8 Å². The number of hydrogen-bond acceptors (Lipinski definition) is 3. The first-order valence-corrected chi connectivity index (χ1v) is 7.42. The van der Waals surface area contributed by atoms with Gasteiger partial charge in [-0.15, -0.1) is 0 Å². The van der Waals surface area contributed by atoms with Crippen LogP contribution in [0.25, 0.3) is 0 Å². The summed E-state index contributed by atoms with van der Waals surface area (Å²) in [7, 11) is 0. The number of nitrogens with one attached hydrogen (secondary N) is 1. The van der Waals surface area contributed by atoms with Crippen LogP contribution in [0.1, 0.15) is 57.6 Å². The molecule has 0 bridgehead atoms. The highest BCUT2D eigenvalue weighted by molar-refractivity contribution is 5.19. The first-order chi connectivity index (χ1) is 9.02. The summed E-state index contributed by atoms with van der Waals surface area (Å²) in [5.41, 5.74) is 1.17. The molecule has 0 aliphatic rings. The van der Waals surface area contributed by atoms with Crippen molar-refractivity contribution in [3.63, 3.8) is 0 Å². The molecule has 1 heterocycles. The Kier molecular flexibility index (Phi) is 7.17. The molecule has 1 rings (SSSR count). The third kappa shape index (κ3) is 6.26. The van der Waals surface area contributed by atoms with Crippen LogP contribution in [-0.4, -0.2) is 12.6 Å². The van der Waals surface area contributed by atoms with Crippen LogP contribution in [0.2, 0.25) is 0 Å². The van der Waals surface area contributed by atoms with E-state index in [2.05, 4.69) is 39.1 Å². The SMILES string of the molecule is CCCC(C)COCc1cc(CNC(C)C)oc1C. The van der Waals surface area contributed by atoms with E-state index < -0.39 is 0 Å². The Morgan fingerprint density at radius 2 is 2.05 bits per heavy atom. The Bertz CT molecular complexity index is 358. The standard InChI is InChI=1S/C16H29NO2/c1-6-7-13(4)10-18-11-15-8-16(19-14(15)5)9-17-12(2)3/h8,12-13,17H,6-7,9-11H2,1-5H3. The van der Waals surface area contributed by atoms with E-state index in [0.717, 1.165) is 24.7 Å². The lowest BCUT2D eigenvalue weighted by molar-refractivity contribution is 0.0886. The van der Waals surface area contributed by atoms with Gasteiger partial charge in [-0.05, 0) is 25.3 Å². The molecule has 0 saturated heterocycles. The fraction of sp³-hybridized carbons (Fsp3) is 0.750. The van der Waals surface area contributed by atoms with Gasteiger partial charge in [0.2, 0.25) is 0 Å². The Balaban J connectivity index is 2.37. The van der Waals surface area contributed by atoms with Gasteiger partial charge in [-0.3, -0.25) is 0 Å². The van der Waals surface area contributed by atoms with Crippen LogP contribution in [0.4, 0.5) is 0 Å². The van der Waals surface area contributed by atoms with Gasteiger partial charge in [0.15, 0.2) is 0 Å². The average molecular weight is 267 g/mol. The molecule has 0 aliphatic carbocycles. The maximum Gasteiger partial charge on any atom is 0.118 e. The zero-order valence-electron chi connectivity index (χ0n) is 13.1. The number of rotatable bonds is 9. The molecule has 0 aromatic carbocycles. The van der Waals surface area contributed by atoms with Crippen LogP contribution in [-0.2, 0) is 17.9 Å². The van der Waals surface area contributed by atoms with Gasteiger partial charge in [-0.2, -0.15) is 0 Å². The van der Waals surface area contributed by atoms with Crippen molar-refractivity contribution in [3.05, 3.63) is 23.2 Å². The van der Waals surface area contributed by atoms with Gasteiger partial charge in [-0.1, -0.05) is 34.1 Å². The predicted molar refractivity (Wildman–Crippen MR) is 79.1 cm³/mol. The van der Waals surface area contributed by atoms with Gasteiger partial charge in [0.25, 0.3) is 0 Å². The summed E-state index contributed by atoms with van der Waals surface area (Å²) in [6.07, 6.45) is 2.45. The molecule has 3 heteroatoms. The highest BCUT2D eigenvalue weighted by atomic mass is 16.5. The molecule has 1 N–H and O–H groups in total. The molecule has 1 atom stereocenters. The van der Waals surface area contributed by atoms with Gasteiger partial charge in [-0.25, -0.2) is 0 Å². The topological polar surface area (TPSA) is 34.4 Å². The molecule has 3 nitrogen and oxygen atoms in total. The van der Waals surface area contributed by atoms with Crippen LogP contribution < -0.4 is 5.32 Å². The number of hydrogen-bond donors (Lipinski definition) is 1. The summed E-state index contributed by atoms with van der Waals surface area (Å²) in [4.78, 5) is 0. The summed E-state index contributed by atoms with van der Waals surface area (Å²) in [6.45, 7) is 13.0. The lowest BCUT2D eigenvalue weighted by atomic mass is 10.1. The van der Waals surface area contributed by atoms with Crippen molar-refractivity contribution in [1.82, 2.24) is 5.32 Å². The van der Waals surface area contributed by atoms with E-state index in [4.69, 9.17) is 9.15 Å². The molecule has 19 heavy (non-hydrogen) atoms. The minimum absolute atomic E-state index is 0.472. The Morgan fingerprint density at radius 3 is 2.68 bits per heavy atom. The van der Waals surface area contributed by atoms with Crippen molar-refractivity contribution in [3.8, 4) is 0 Å². The highest BCUT2D eigenvalue weighted by Gasteiger charge is 2.09. The minimum Gasteiger partial charge on any atom is -0.465 e. The first kappa shape index (κ1) is 16.3. The summed E-state index contributed by atoms with van der Waals surface area (Å²) in [5, 5.41) is 3.36. The molecule has 1 aromatic heterocycles. The Hall–Kier alpha value is -0.800. The van der Waals surface area contributed by atoms with Gasteiger partial charge in [0, 0.05) is 18.2 Å². The normalized spacial score (nSPS) is 13.2. The van der Waals surface area contributed by atoms with Crippen LogP contribution in [0.3, 0.4) is 0 Å². The summed E-state index contributed by atoms with van der Waals surface area (Å²) in [6, 6.07) is 2.58. The number of aryl methyl sites for hydroxylation is 1. The zero-order valence-corrected chi connectivity index (χ0v) is 13.1. The molecule has 0 aliphatic heterocycles. The minimum atomic E-state index is 0.472. The summed E-state index contributed by atoms with van der Waals surface area (Å²) in [5.74, 6) is 2.61. The van der Waals surface area contributed by atoms with E-state index >= 15 is 0 Å². The van der Waals surface area contributed by atoms with Gasteiger partial charge in [0.05, 0.1) is 13.2 Å². The molecule has 110 valence electrons. The van der Waals surface area contributed by atoms with Gasteiger partial charge < -0.3 is 14.5 Å². The molecule has 0 radical (unpaired) electrons. The lowest BCUT2D eigenvalue weighted by Gasteiger charge is -2.10. The van der Waals surface area contributed by atoms with Gasteiger partial charge in [0.1, 0.15) is 11.5 Å². The second-order valence-corrected chi connectivity index (χ2v) is 5.74. The predicted octanol–water partition coefficient (Wildman–Crippen LogP) is 4.04. The number of ether oxygens (including phenoxy) is 1. The third-order valence-corrected chi connectivity index (χ3v) is 3.20. The van der Waals surface area contributed by atoms with Crippen molar-refractivity contribution >= 4 is 0 Å². The molecule has 0 amide bonds. The highest BCUT2D eigenvalue weighted by Crippen LogP contribution is 2.16. The smallest absolute Gasteiger partial charge is 0.118 e. The first-order valence-electron chi connectivity index (χ1n) is 7.42. The van der Waals surface area contributed by atoms with Crippen molar-refractivity contribution in [2.45, 2.75) is 66.7 Å². The van der Waals surface area contributed by atoms with Crippen molar-refractivity contribution < 1.29 is 9.15 Å². The molecular weight excluding hydrogens is 238 g/mol. The molecule has 0 saturated carbocycles. The van der Waals surface area contributed by atoms with Crippen molar-refractivity contribution in [2.75, 3.05) is 6.61 Å². The van der Waals surface area contributed by atoms with E-state index in [1.54, 1.807) is 0 Å². The quantitative estimate of drug-likeness (QED) is 0.733. The van der Waals surface area contributed by atoms with E-state index in [0.29, 0.717) is 18.6 Å². The van der Waals surface area contributed by atoms with Crippen molar-refractivity contribution in [2.24, 2.45) is 5.92 Å². The number of furan rings is 1. The Labute approximate surface area is 117 Å². The third-order valence-electron chi connectivity index (χ3n) is 3.20. The van der Waals surface area contributed by atoms with Gasteiger partial charge >= 0.3 is 0 Å². The van der Waals surface area contributed by atoms with Crippen LogP contribution in [0.15, 0.2) is 10.5 Å². The monoisotopic (exact) mass is 267 g/mol. The molecule has 0 spiro atoms. The largest absolute Gasteiger partial charge is 0.465 e. The second-order valence-electron chi connectivity index (χ2n) is 5.74. The second kappa shape index (κ2) is 8.39. The maximum atomic E-state index is 5.77. The molecular formula is C16H29NO2. The van der Waals surface area contributed by atoms with E-state index in [9.17, 15) is 0 Å². The fourth-order valence-electron chi connectivity index (χ4n) is 2.07. The van der Waals surface area contributed by atoms with Crippen LogP contribution in [0.5, 0.6) is 0 Å². The fourth-order valence-corrected chi connectivity index (χ4v) is 2.07. The van der Waals surface area contributed by atoms with Crippen molar-refractivity contribution in [1.29, 1.82) is 0 Å². The zero-order chi connectivity index (χ0) is 14.3. The molecule has 1 aromatic rings. The molecule has 0 fully saturated rings. The van der Waals surface area contributed by atoms with E-state index in [1.807, 2.05) is 6.92 Å². The maximum absolute atomic E-state index is 5.77. The van der Waals surface area contributed by atoms with E-state index in [1.165, 1.54) is 18.4 Å². The Morgan fingerprint density at radius 1 is 1.32 bits per heavy atom. The summed E-state index contributed by atoms with van der Waals surface area (Å²) >= 11 is 0. The van der Waals surface area contributed by atoms with Crippen LogP contribution >= 0.6 is 0 Å².